The second-order valence-electron chi connectivity index (χ2n) is 6.46. The summed E-state index contributed by atoms with van der Waals surface area (Å²) in [6.45, 7) is 10.8. The van der Waals surface area contributed by atoms with Crippen molar-refractivity contribution >= 4 is 17.7 Å². The first-order valence-corrected chi connectivity index (χ1v) is 9.77. The standard InChI is InChI=1S/C17H31N5S/c1-5-18-17(22-9-10-23-16(13-22)14(2)3)19-8-6-7-15-11-20-21(4)12-15/h11-12,14,16H,5-10,13H2,1-4H3,(H,18,19). The van der Waals surface area contributed by atoms with Crippen molar-refractivity contribution in [3.8, 4) is 0 Å². The summed E-state index contributed by atoms with van der Waals surface area (Å²) in [5.74, 6) is 3.00. The van der Waals surface area contributed by atoms with E-state index in [1.807, 2.05) is 17.9 Å². The van der Waals surface area contributed by atoms with Crippen LogP contribution in [0.25, 0.3) is 0 Å². The van der Waals surface area contributed by atoms with E-state index in [0.717, 1.165) is 50.9 Å². The SMILES string of the molecule is CCNC(=NCCCc1cnn(C)c1)N1CCSC(C(C)C)C1. The minimum absolute atomic E-state index is 0.711. The van der Waals surface area contributed by atoms with Gasteiger partial charge in [-0.1, -0.05) is 13.8 Å². The molecule has 1 aliphatic rings. The van der Waals surface area contributed by atoms with E-state index in [0.29, 0.717) is 5.25 Å². The molecule has 1 saturated heterocycles. The molecule has 1 unspecified atom stereocenters. The summed E-state index contributed by atoms with van der Waals surface area (Å²) in [7, 11) is 1.96. The van der Waals surface area contributed by atoms with Crippen LogP contribution in [-0.4, -0.2) is 57.8 Å². The lowest BCUT2D eigenvalue weighted by Crippen LogP contribution is -2.49. The minimum Gasteiger partial charge on any atom is -0.357 e. The minimum atomic E-state index is 0.711. The van der Waals surface area contributed by atoms with Crippen molar-refractivity contribution in [1.82, 2.24) is 20.0 Å². The van der Waals surface area contributed by atoms with Crippen LogP contribution >= 0.6 is 11.8 Å². The van der Waals surface area contributed by atoms with Gasteiger partial charge in [0.25, 0.3) is 0 Å². The monoisotopic (exact) mass is 337 g/mol. The van der Waals surface area contributed by atoms with E-state index >= 15 is 0 Å². The fourth-order valence-electron chi connectivity index (χ4n) is 2.77. The number of hydrogen-bond acceptors (Lipinski definition) is 3. The molecule has 0 aromatic carbocycles. The quantitative estimate of drug-likeness (QED) is 0.492. The molecule has 0 spiro atoms. The lowest BCUT2D eigenvalue weighted by Gasteiger charge is -2.36. The van der Waals surface area contributed by atoms with Gasteiger partial charge >= 0.3 is 0 Å². The number of rotatable bonds is 6. The van der Waals surface area contributed by atoms with Gasteiger partial charge in [-0.25, -0.2) is 0 Å². The zero-order chi connectivity index (χ0) is 16.7. The zero-order valence-corrected chi connectivity index (χ0v) is 15.8. The summed E-state index contributed by atoms with van der Waals surface area (Å²) < 4.78 is 1.86. The Morgan fingerprint density at radius 3 is 3.00 bits per heavy atom. The zero-order valence-electron chi connectivity index (χ0n) is 15.0. The van der Waals surface area contributed by atoms with Crippen molar-refractivity contribution in [3.63, 3.8) is 0 Å². The van der Waals surface area contributed by atoms with E-state index in [4.69, 9.17) is 4.99 Å². The average molecular weight is 338 g/mol. The third kappa shape index (κ3) is 5.75. The molecule has 1 aromatic rings. The van der Waals surface area contributed by atoms with E-state index in [9.17, 15) is 0 Å². The van der Waals surface area contributed by atoms with Gasteiger partial charge in [0.1, 0.15) is 0 Å². The fourth-order valence-corrected chi connectivity index (χ4v) is 4.06. The Kier molecular flexibility index (Phi) is 7.27. The Balaban J connectivity index is 1.86. The van der Waals surface area contributed by atoms with Gasteiger partial charge in [0.05, 0.1) is 6.20 Å². The number of thioether (sulfide) groups is 1. The van der Waals surface area contributed by atoms with E-state index in [-0.39, 0.29) is 0 Å². The van der Waals surface area contributed by atoms with E-state index in [2.05, 4.69) is 54.0 Å². The molecule has 0 aliphatic carbocycles. The lowest BCUT2D eigenvalue weighted by molar-refractivity contribution is 0.381. The summed E-state index contributed by atoms with van der Waals surface area (Å²) >= 11 is 2.10. The van der Waals surface area contributed by atoms with Gasteiger partial charge in [-0.05, 0) is 31.2 Å². The Morgan fingerprint density at radius 1 is 1.52 bits per heavy atom. The van der Waals surface area contributed by atoms with Crippen LogP contribution in [0, 0.1) is 5.92 Å². The predicted octanol–water partition coefficient (Wildman–Crippen LogP) is 2.39. The summed E-state index contributed by atoms with van der Waals surface area (Å²) in [4.78, 5) is 7.29. The Labute approximate surface area is 144 Å². The van der Waals surface area contributed by atoms with Crippen LogP contribution in [0.2, 0.25) is 0 Å². The average Bonchev–Trinajstić information content (AvgIpc) is 2.96. The molecule has 5 nitrogen and oxygen atoms in total. The van der Waals surface area contributed by atoms with Crippen molar-refractivity contribution in [2.45, 2.75) is 38.9 Å². The van der Waals surface area contributed by atoms with Crippen LogP contribution in [0.3, 0.4) is 0 Å². The Morgan fingerprint density at radius 2 is 2.35 bits per heavy atom. The number of guanidine groups is 1. The molecule has 130 valence electrons. The molecule has 23 heavy (non-hydrogen) atoms. The maximum absolute atomic E-state index is 4.85. The number of aromatic nitrogens is 2. The van der Waals surface area contributed by atoms with Crippen molar-refractivity contribution in [1.29, 1.82) is 0 Å². The number of nitrogens with zero attached hydrogens (tertiary/aromatic N) is 4. The highest BCUT2D eigenvalue weighted by Crippen LogP contribution is 2.24. The first kappa shape index (κ1) is 18.2. The molecule has 1 fully saturated rings. The number of nitrogens with one attached hydrogen (secondary N) is 1. The van der Waals surface area contributed by atoms with Gasteiger partial charge in [0, 0.05) is 50.4 Å². The van der Waals surface area contributed by atoms with Gasteiger partial charge < -0.3 is 10.2 Å². The van der Waals surface area contributed by atoms with Crippen LogP contribution in [0.1, 0.15) is 32.8 Å². The molecule has 0 radical (unpaired) electrons. The largest absolute Gasteiger partial charge is 0.357 e. The second kappa shape index (κ2) is 9.21. The van der Waals surface area contributed by atoms with E-state index < -0.39 is 0 Å². The molecular formula is C17H31N5S. The second-order valence-corrected chi connectivity index (χ2v) is 7.81. The first-order valence-electron chi connectivity index (χ1n) is 8.72. The molecule has 6 heteroatoms. The highest BCUT2D eigenvalue weighted by molar-refractivity contribution is 8.00. The molecule has 1 N–H and O–H groups in total. The van der Waals surface area contributed by atoms with Crippen LogP contribution in [0.15, 0.2) is 17.4 Å². The fraction of sp³-hybridized carbons (Fsp3) is 0.765. The molecule has 0 saturated carbocycles. The maximum Gasteiger partial charge on any atom is 0.193 e. The van der Waals surface area contributed by atoms with E-state index in [1.165, 1.54) is 11.3 Å². The lowest BCUT2D eigenvalue weighted by atomic mass is 10.1. The smallest absolute Gasteiger partial charge is 0.193 e. The summed E-state index contributed by atoms with van der Waals surface area (Å²) in [6, 6.07) is 0. The molecule has 2 heterocycles. The molecule has 1 aliphatic heterocycles. The topological polar surface area (TPSA) is 45.5 Å². The molecule has 1 aromatic heterocycles. The maximum atomic E-state index is 4.85. The molecule has 1 atom stereocenters. The van der Waals surface area contributed by atoms with Crippen LogP contribution in [0.4, 0.5) is 0 Å². The number of aryl methyl sites for hydroxylation is 2. The van der Waals surface area contributed by atoms with Crippen molar-refractivity contribution in [3.05, 3.63) is 18.0 Å². The Bertz CT molecular complexity index is 497. The summed E-state index contributed by atoms with van der Waals surface area (Å²) in [6.07, 6.45) is 6.14. The summed E-state index contributed by atoms with van der Waals surface area (Å²) in [5, 5.41) is 8.39. The van der Waals surface area contributed by atoms with Crippen molar-refractivity contribution < 1.29 is 0 Å². The molecular weight excluding hydrogens is 306 g/mol. The predicted molar refractivity (Wildman–Crippen MR) is 100 cm³/mol. The van der Waals surface area contributed by atoms with Gasteiger partial charge in [0.2, 0.25) is 0 Å². The highest BCUT2D eigenvalue weighted by Gasteiger charge is 2.24. The normalized spacial score (nSPS) is 19.4. The number of hydrogen-bond donors (Lipinski definition) is 1. The van der Waals surface area contributed by atoms with Gasteiger partial charge in [-0.3, -0.25) is 9.67 Å². The Hall–Kier alpha value is -1.17. The highest BCUT2D eigenvalue weighted by atomic mass is 32.2. The van der Waals surface area contributed by atoms with Crippen LogP contribution in [-0.2, 0) is 13.5 Å². The third-order valence-corrected chi connectivity index (χ3v) is 5.65. The first-order chi connectivity index (χ1) is 11.1. The van der Waals surface area contributed by atoms with Crippen molar-refractivity contribution in [2.75, 3.05) is 31.9 Å². The molecule has 0 amide bonds. The van der Waals surface area contributed by atoms with Crippen molar-refractivity contribution in [2.24, 2.45) is 18.0 Å². The van der Waals surface area contributed by atoms with Crippen LogP contribution < -0.4 is 5.32 Å². The molecule has 2 rings (SSSR count). The third-order valence-electron chi connectivity index (χ3n) is 4.11. The van der Waals surface area contributed by atoms with E-state index in [1.54, 1.807) is 0 Å². The van der Waals surface area contributed by atoms with Gasteiger partial charge in [0.15, 0.2) is 5.96 Å². The van der Waals surface area contributed by atoms with Gasteiger partial charge in [-0.2, -0.15) is 16.9 Å². The molecule has 0 bridgehead atoms. The summed E-state index contributed by atoms with van der Waals surface area (Å²) in [5.41, 5.74) is 1.29. The van der Waals surface area contributed by atoms with Gasteiger partial charge in [-0.15, -0.1) is 0 Å². The van der Waals surface area contributed by atoms with Crippen LogP contribution in [0.5, 0.6) is 0 Å². The number of aliphatic imine (C=N–C) groups is 1.